The van der Waals surface area contributed by atoms with Gasteiger partial charge in [-0.3, -0.25) is 9.59 Å². The second kappa shape index (κ2) is 5.01. The molecule has 2 unspecified atom stereocenters. The van der Waals surface area contributed by atoms with Gasteiger partial charge in [-0.15, -0.1) is 0 Å². The number of carbonyl (C=O) groups excluding carboxylic acids is 2. The maximum Gasteiger partial charge on any atom is 0.243 e. The third-order valence-electron chi connectivity index (χ3n) is 3.56. The molecule has 0 aromatic rings. The first-order valence-corrected chi connectivity index (χ1v) is 5.93. The number of rotatable bonds is 4. The lowest BCUT2D eigenvalue weighted by molar-refractivity contribution is -0.142. The van der Waals surface area contributed by atoms with Gasteiger partial charge in [0.05, 0.1) is 11.6 Å². The molecule has 1 aliphatic rings. The van der Waals surface area contributed by atoms with Gasteiger partial charge in [0, 0.05) is 13.0 Å². The summed E-state index contributed by atoms with van der Waals surface area (Å²) in [5, 5.41) is 9.54. The average molecular weight is 243 g/mol. The van der Waals surface area contributed by atoms with Gasteiger partial charge >= 0.3 is 0 Å². The molecule has 2 atom stereocenters. The van der Waals surface area contributed by atoms with E-state index in [1.54, 1.807) is 0 Å². The van der Waals surface area contributed by atoms with Crippen LogP contribution in [0.3, 0.4) is 0 Å². The number of aliphatic hydroxyl groups excluding tert-OH is 1. The summed E-state index contributed by atoms with van der Waals surface area (Å²) in [6.45, 7) is 3.78. The third-order valence-corrected chi connectivity index (χ3v) is 3.56. The van der Waals surface area contributed by atoms with Crippen molar-refractivity contribution >= 4 is 11.8 Å². The molecule has 0 aromatic heterocycles. The van der Waals surface area contributed by atoms with E-state index in [2.05, 4.69) is 0 Å². The Morgan fingerprint density at radius 2 is 1.94 bits per heavy atom. The molecular weight excluding hydrogens is 222 g/mol. The number of primary amides is 1. The zero-order chi connectivity index (χ0) is 13.2. The molecule has 1 fully saturated rings. The van der Waals surface area contributed by atoms with Crippen molar-refractivity contribution in [2.24, 2.45) is 11.5 Å². The van der Waals surface area contributed by atoms with Gasteiger partial charge in [0.1, 0.15) is 6.04 Å². The molecule has 98 valence electrons. The molecule has 0 spiro atoms. The normalized spacial score (nSPS) is 25.1. The molecule has 0 radical (unpaired) electrons. The summed E-state index contributed by atoms with van der Waals surface area (Å²) < 4.78 is 0. The lowest BCUT2D eigenvalue weighted by Gasteiger charge is -2.32. The standard InChI is InChI=1S/C11H21N3O3/c1-3-11(13,4-2)10(17)14-6-7(15)5-8(14)9(12)16/h7-8,15H,3-6,13H2,1-2H3,(H2,12,16). The van der Waals surface area contributed by atoms with Gasteiger partial charge < -0.3 is 21.5 Å². The van der Waals surface area contributed by atoms with Crippen LogP contribution >= 0.6 is 0 Å². The van der Waals surface area contributed by atoms with E-state index in [1.807, 2.05) is 13.8 Å². The third kappa shape index (κ3) is 2.58. The molecule has 1 saturated heterocycles. The number of likely N-dealkylation sites (tertiary alicyclic amines) is 1. The fourth-order valence-electron chi connectivity index (χ4n) is 2.15. The van der Waals surface area contributed by atoms with Crippen LogP contribution in [0, 0.1) is 0 Å². The summed E-state index contributed by atoms with van der Waals surface area (Å²) in [7, 11) is 0. The molecule has 17 heavy (non-hydrogen) atoms. The Morgan fingerprint density at radius 1 is 1.41 bits per heavy atom. The fraction of sp³-hybridized carbons (Fsp3) is 0.818. The largest absolute Gasteiger partial charge is 0.391 e. The van der Waals surface area contributed by atoms with Crippen molar-refractivity contribution in [3.05, 3.63) is 0 Å². The van der Waals surface area contributed by atoms with Crippen LogP contribution in [0.2, 0.25) is 0 Å². The predicted molar refractivity (Wildman–Crippen MR) is 62.8 cm³/mol. The molecular formula is C11H21N3O3. The van der Waals surface area contributed by atoms with E-state index in [9.17, 15) is 14.7 Å². The molecule has 2 amide bonds. The monoisotopic (exact) mass is 243 g/mol. The molecule has 0 bridgehead atoms. The van der Waals surface area contributed by atoms with Gasteiger partial charge in [0.25, 0.3) is 0 Å². The molecule has 1 aliphatic heterocycles. The number of amides is 2. The molecule has 1 rings (SSSR count). The minimum Gasteiger partial charge on any atom is -0.391 e. The highest BCUT2D eigenvalue weighted by molar-refractivity contribution is 5.92. The minimum atomic E-state index is -0.974. The van der Waals surface area contributed by atoms with Gasteiger partial charge in [-0.25, -0.2) is 0 Å². The first-order valence-electron chi connectivity index (χ1n) is 5.93. The summed E-state index contributed by atoms with van der Waals surface area (Å²) in [5.41, 5.74) is 10.3. The molecule has 0 aliphatic carbocycles. The second-order valence-electron chi connectivity index (χ2n) is 4.63. The van der Waals surface area contributed by atoms with Crippen LogP contribution in [0.5, 0.6) is 0 Å². The van der Waals surface area contributed by atoms with Crippen LogP contribution in [0.4, 0.5) is 0 Å². The van der Waals surface area contributed by atoms with Crippen LogP contribution in [-0.2, 0) is 9.59 Å². The molecule has 6 nitrogen and oxygen atoms in total. The Kier molecular flexibility index (Phi) is 4.11. The van der Waals surface area contributed by atoms with Crippen molar-refractivity contribution in [1.82, 2.24) is 4.90 Å². The Balaban J connectivity index is 2.91. The molecule has 6 heteroatoms. The van der Waals surface area contributed by atoms with Crippen molar-refractivity contribution in [2.45, 2.75) is 50.8 Å². The molecule has 1 heterocycles. The van der Waals surface area contributed by atoms with Gasteiger partial charge in [0.2, 0.25) is 11.8 Å². The smallest absolute Gasteiger partial charge is 0.243 e. The highest BCUT2D eigenvalue weighted by Crippen LogP contribution is 2.23. The highest BCUT2D eigenvalue weighted by atomic mass is 16.3. The van der Waals surface area contributed by atoms with Crippen LogP contribution in [0.1, 0.15) is 33.1 Å². The van der Waals surface area contributed by atoms with E-state index in [1.165, 1.54) is 4.90 Å². The van der Waals surface area contributed by atoms with Crippen LogP contribution in [-0.4, -0.2) is 46.1 Å². The molecule has 0 saturated carbocycles. The maximum atomic E-state index is 12.3. The van der Waals surface area contributed by atoms with E-state index >= 15 is 0 Å². The Bertz CT molecular complexity index is 315. The van der Waals surface area contributed by atoms with Crippen molar-refractivity contribution in [3.8, 4) is 0 Å². The minimum absolute atomic E-state index is 0.130. The van der Waals surface area contributed by atoms with Gasteiger partial charge in [0.15, 0.2) is 0 Å². The summed E-state index contributed by atoms with van der Waals surface area (Å²) in [4.78, 5) is 24.8. The van der Waals surface area contributed by atoms with E-state index < -0.39 is 23.6 Å². The maximum absolute atomic E-state index is 12.3. The zero-order valence-electron chi connectivity index (χ0n) is 10.3. The number of nitrogens with zero attached hydrogens (tertiary/aromatic N) is 1. The topological polar surface area (TPSA) is 110 Å². The summed E-state index contributed by atoms with van der Waals surface area (Å²) in [6, 6.07) is -0.737. The summed E-state index contributed by atoms with van der Waals surface area (Å²) in [5.74, 6) is -0.896. The van der Waals surface area contributed by atoms with E-state index in [4.69, 9.17) is 11.5 Å². The fourth-order valence-corrected chi connectivity index (χ4v) is 2.15. The number of hydrogen-bond acceptors (Lipinski definition) is 4. The number of hydrogen-bond donors (Lipinski definition) is 3. The Labute approximate surface area is 101 Å². The van der Waals surface area contributed by atoms with Crippen LogP contribution < -0.4 is 11.5 Å². The SMILES string of the molecule is CCC(N)(CC)C(=O)N1CC(O)CC1C(N)=O. The molecule has 0 aromatic carbocycles. The first-order chi connectivity index (χ1) is 7.85. The number of aliphatic hydroxyl groups is 1. The van der Waals surface area contributed by atoms with Crippen molar-refractivity contribution in [1.29, 1.82) is 0 Å². The predicted octanol–water partition coefficient (Wildman–Crippen LogP) is -1.05. The average Bonchev–Trinajstić information content (AvgIpc) is 2.69. The summed E-state index contributed by atoms with van der Waals surface area (Å²) >= 11 is 0. The van der Waals surface area contributed by atoms with Gasteiger partial charge in [-0.05, 0) is 12.8 Å². The zero-order valence-corrected chi connectivity index (χ0v) is 10.3. The Hall–Kier alpha value is -1.14. The van der Waals surface area contributed by atoms with Crippen molar-refractivity contribution in [2.75, 3.05) is 6.54 Å². The van der Waals surface area contributed by atoms with Crippen molar-refractivity contribution < 1.29 is 14.7 Å². The van der Waals surface area contributed by atoms with Crippen molar-refractivity contribution in [3.63, 3.8) is 0 Å². The lowest BCUT2D eigenvalue weighted by Crippen LogP contribution is -2.57. The summed E-state index contributed by atoms with van der Waals surface area (Å²) in [6.07, 6.45) is 0.472. The first kappa shape index (κ1) is 13.9. The lowest BCUT2D eigenvalue weighted by atomic mass is 9.92. The highest BCUT2D eigenvalue weighted by Gasteiger charge is 2.43. The number of carbonyl (C=O) groups is 2. The van der Waals surface area contributed by atoms with Gasteiger partial charge in [-0.1, -0.05) is 13.8 Å². The van der Waals surface area contributed by atoms with Crippen LogP contribution in [0.15, 0.2) is 0 Å². The number of nitrogens with two attached hydrogens (primary N) is 2. The second-order valence-corrected chi connectivity index (χ2v) is 4.63. The van der Waals surface area contributed by atoms with E-state index in [0.717, 1.165) is 0 Å². The quantitative estimate of drug-likeness (QED) is 0.585. The van der Waals surface area contributed by atoms with E-state index in [-0.39, 0.29) is 18.9 Å². The van der Waals surface area contributed by atoms with Gasteiger partial charge in [-0.2, -0.15) is 0 Å². The number of β-amino-alcohol motifs (C(OH)–C–C–N with tert-alkyl or cyclic N) is 1. The van der Waals surface area contributed by atoms with E-state index in [0.29, 0.717) is 12.8 Å². The molecule has 5 N–H and O–H groups in total. The van der Waals surface area contributed by atoms with Crippen LogP contribution in [0.25, 0.3) is 0 Å². The Morgan fingerprint density at radius 3 is 2.35 bits per heavy atom.